The lowest BCUT2D eigenvalue weighted by molar-refractivity contribution is -0.143. The first-order chi connectivity index (χ1) is 8.49. The molecule has 1 aromatic carbocycles. The van der Waals surface area contributed by atoms with E-state index in [1.807, 2.05) is 0 Å². The predicted molar refractivity (Wildman–Crippen MR) is 62.0 cm³/mol. The van der Waals surface area contributed by atoms with Gasteiger partial charge in [0.1, 0.15) is 13.2 Å². The van der Waals surface area contributed by atoms with Crippen molar-refractivity contribution in [3.8, 4) is 0 Å². The van der Waals surface area contributed by atoms with Crippen LogP contribution < -0.4 is 11.1 Å². The van der Waals surface area contributed by atoms with Crippen LogP contribution in [0, 0.1) is 0 Å². The Labute approximate surface area is 103 Å². The average Bonchev–Trinajstić information content (AvgIpc) is 2.28. The number of carbonyl (C=O) groups is 3. The monoisotopic (exact) mass is 252 g/mol. The fourth-order valence-electron chi connectivity index (χ4n) is 1.18. The minimum atomic E-state index is -1.15. The lowest BCUT2D eigenvalue weighted by Crippen LogP contribution is -2.21. The third kappa shape index (κ3) is 4.62. The fraction of sp³-hybridized carbons (Fsp3) is 0.182. The van der Waals surface area contributed by atoms with Gasteiger partial charge in [0.05, 0.1) is 0 Å². The largest absolute Gasteiger partial charge is 0.480 e. The number of nitrogens with two attached hydrogens (primary N) is 1. The molecule has 0 aliphatic rings. The third-order valence-electron chi connectivity index (χ3n) is 1.89. The van der Waals surface area contributed by atoms with Crippen LogP contribution in [-0.2, 0) is 14.3 Å². The summed E-state index contributed by atoms with van der Waals surface area (Å²) in [4.78, 5) is 32.4. The molecule has 0 saturated heterocycles. The molecular formula is C11H12N2O5. The van der Waals surface area contributed by atoms with Gasteiger partial charge in [-0.3, -0.25) is 9.59 Å². The quantitative estimate of drug-likeness (QED) is 0.649. The Hall–Kier alpha value is -2.41. The van der Waals surface area contributed by atoms with E-state index in [0.29, 0.717) is 5.69 Å². The number of hydrogen-bond donors (Lipinski definition) is 3. The van der Waals surface area contributed by atoms with Gasteiger partial charge in [-0.1, -0.05) is 6.07 Å². The highest BCUT2D eigenvalue weighted by molar-refractivity contribution is 5.96. The Morgan fingerprint density at radius 1 is 1.28 bits per heavy atom. The van der Waals surface area contributed by atoms with Crippen LogP contribution in [0.15, 0.2) is 24.3 Å². The number of benzene rings is 1. The van der Waals surface area contributed by atoms with Crippen molar-refractivity contribution in [3.05, 3.63) is 29.8 Å². The van der Waals surface area contributed by atoms with Crippen molar-refractivity contribution in [2.75, 3.05) is 18.5 Å². The SMILES string of the molecule is NC(=O)c1cccc(NC(=O)COCC(=O)O)c1. The molecule has 0 radical (unpaired) electrons. The zero-order valence-corrected chi connectivity index (χ0v) is 9.38. The van der Waals surface area contributed by atoms with Gasteiger partial charge < -0.3 is 20.9 Å². The van der Waals surface area contributed by atoms with Gasteiger partial charge in [0.15, 0.2) is 0 Å². The topological polar surface area (TPSA) is 119 Å². The van der Waals surface area contributed by atoms with Gasteiger partial charge in [0.2, 0.25) is 11.8 Å². The number of carboxylic acids is 1. The van der Waals surface area contributed by atoms with Crippen molar-refractivity contribution < 1.29 is 24.2 Å². The van der Waals surface area contributed by atoms with E-state index < -0.39 is 24.4 Å². The number of carboxylic acid groups (broad SMARTS) is 1. The number of ether oxygens (including phenoxy) is 1. The highest BCUT2D eigenvalue weighted by Crippen LogP contribution is 2.09. The number of carbonyl (C=O) groups excluding carboxylic acids is 2. The van der Waals surface area contributed by atoms with E-state index in [1.165, 1.54) is 12.1 Å². The maximum absolute atomic E-state index is 11.3. The molecule has 0 aliphatic carbocycles. The van der Waals surface area contributed by atoms with Crippen molar-refractivity contribution in [2.45, 2.75) is 0 Å². The number of amides is 2. The van der Waals surface area contributed by atoms with Crippen molar-refractivity contribution in [2.24, 2.45) is 5.73 Å². The summed E-state index contributed by atoms with van der Waals surface area (Å²) in [5.41, 5.74) is 5.73. The number of primary amides is 1. The van der Waals surface area contributed by atoms with E-state index in [-0.39, 0.29) is 12.2 Å². The Kier molecular flexibility index (Phi) is 4.82. The molecule has 0 aromatic heterocycles. The molecule has 0 spiro atoms. The number of nitrogens with one attached hydrogen (secondary N) is 1. The minimum Gasteiger partial charge on any atom is -0.480 e. The molecule has 18 heavy (non-hydrogen) atoms. The molecule has 0 unspecified atom stereocenters. The van der Waals surface area contributed by atoms with Crippen molar-refractivity contribution >= 4 is 23.5 Å². The van der Waals surface area contributed by atoms with E-state index in [1.54, 1.807) is 12.1 Å². The number of anilines is 1. The maximum atomic E-state index is 11.3. The second kappa shape index (κ2) is 6.36. The van der Waals surface area contributed by atoms with Gasteiger partial charge >= 0.3 is 5.97 Å². The van der Waals surface area contributed by atoms with Crippen LogP contribution in [0.3, 0.4) is 0 Å². The second-order valence-corrected chi connectivity index (χ2v) is 3.38. The van der Waals surface area contributed by atoms with Crippen LogP contribution in [0.4, 0.5) is 5.69 Å². The third-order valence-corrected chi connectivity index (χ3v) is 1.89. The van der Waals surface area contributed by atoms with E-state index >= 15 is 0 Å². The standard InChI is InChI=1S/C11H12N2O5/c12-11(17)7-2-1-3-8(4-7)13-9(14)5-18-6-10(15)16/h1-4H,5-6H2,(H2,12,17)(H,13,14)(H,15,16). The van der Waals surface area contributed by atoms with Gasteiger partial charge in [0.25, 0.3) is 0 Å². The Balaban J connectivity index is 2.51. The van der Waals surface area contributed by atoms with Gasteiger partial charge in [0, 0.05) is 11.3 Å². The van der Waals surface area contributed by atoms with Crippen molar-refractivity contribution in [1.82, 2.24) is 0 Å². The average molecular weight is 252 g/mol. The fourth-order valence-corrected chi connectivity index (χ4v) is 1.18. The highest BCUT2D eigenvalue weighted by atomic mass is 16.5. The van der Waals surface area contributed by atoms with E-state index in [0.717, 1.165) is 0 Å². The van der Waals surface area contributed by atoms with Crippen LogP contribution in [0.1, 0.15) is 10.4 Å². The summed E-state index contributed by atoms with van der Waals surface area (Å²) in [6, 6.07) is 6.06. The summed E-state index contributed by atoms with van der Waals surface area (Å²) in [6.07, 6.45) is 0. The Bertz CT molecular complexity index is 472. The summed E-state index contributed by atoms with van der Waals surface area (Å²) in [5, 5.41) is 10.8. The van der Waals surface area contributed by atoms with Gasteiger partial charge in [-0.2, -0.15) is 0 Å². The molecule has 2 amide bonds. The molecule has 0 fully saturated rings. The number of hydrogen-bond acceptors (Lipinski definition) is 4. The van der Waals surface area contributed by atoms with E-state index in [4.69, 9.17) is 10.8 Å². The molecule has 1 rings (SSSR count). The van der Waals surface area contributed by atoms with Crippen LogP contribution in [-0.4, -0.2) is 36.1 Å². The van der Waals surface area contributed by atoms with Gasteiger partial charge in [-0.15, -0.1) is 0 Å². The molecule has 0 aliphatic heterocycles. The lowest BCUT2D eigenvalue weighted by atomic mass is 10.2. The summed E-state index contributed by atoms with van der Waals surface area (Å²) in [5.74, 6) is -2.27. The van der Waals surface area contributed by atoms with Crippen LogP contribution in [0.2, 0.25) is 0 Å². The normalized spacial score (nSPS) is 9.78. The maximum Gasteiger partial charge on any atom is 0.329 e. The molecule has 0 atom stereocenters. The smallest absolute Gasteiger partial charge is 0.329 e. The molecule has 96 valence electrons. The molecule has 0 bridgehead atoms. The molecule has 7 heteroatoms. The molecular weight excluding hydrogens is 240 g/mol. The second-order valence-electron chi connectivity index (χ2n) is 3.38. The molecule has 0 saturated carbocycles. The summed E-state index contributed by atoms with van der Waals surface area (Å²) < 4.78 is 4.60. The first kappa shape index (κ1) is 13.7. The Morgan fingerprint density at radius 3 is 2.61 bits per heavy atom. The highest BCUT2D eigenvalue weighted by Gasteiger charge is 2.06. The summed E-state index contributed by atoms with van der Waals surface area (Å²) in [7, 11) is 0. The first-order valence-corrected chi connectivity index (χ1v) is 4.98. The van der Waals surface area contributed by atoms with E-state index in [2.05, 4.69) is 10.1 Å². The van der Waals surface area contributed by atoms with Gasteiger partial charge in [-0.05, 0) is 18.2 Å². The van der Waals surface area contributed by atoms with Crippen LogP contribution in [0.25, 0.3) is 0 Å². The van der Waals surface area contributed by atoms with Gasteiger partial charge in [-0.25, -0.2) is 4.79 Å². The summed E-state index contributed by atoms with van der Waals surface area (Å²) in [6.45, 7) is -0.929. The minimum absolute atomic E-state index is 0.263. The zero-order chi connectivity index (χ0) is 13.5. The number of aliphatic carboxylic acids is 1. The van der Waals surface area contributed by atoms with Crippen molar-refractivity contribution in [3.63, 3.8) is 0 Å². The Morgan fingerprint density at radius 2 is 2.00 bits per heavy atom. The molecule has 7 nitrogen and oxygen atoms in total. The first-order valence-electron chi connectivity index (χ1n) is 4.98. The predicted octanol–water partition coefficient (Wildman–Crippen LogP) is -0.175. The van der Waals surface area contributed by atoms with Crippen LogP contribution in [0.5, 0.6) is 0 Å². The summed E-state index contributed by atoms with van der Waals surface area (Å²) >= 11 is 0. The van der Waals surface area contributed by atoms with Crippen molar-refractivity contribution in [1.29, 1.82) is 0 Å². The zero-order valence-electron chi connectivity index (χ0n) is 9.38. The number of rotatable bonds is 6. The molecule has 0 heterocycles. The van der Waals surface area contributed by atoms with Crippen LogP contribution >= 0.6 is 0 Å². The molecule has 1 aromatic rings. The van der Waals surface area contributed by atoms with E-state index in [9.17, 15) is 14.4 Å². The lowest BCUT2D eigenvalue weighted by Gasteiger charge is -2.06. The molecule has 4 N–H and O–H groups in total.